The van der Waals surface area contributed by atoms with Gasteiger partial charge in [0.15, 0.2) is 0 Å². The summed E-state index contributed by atoms with van der Waals surface area (Å²) < 4.78 is 15.9. The highest BCUT2D eigenvalue weighted by Crippen LogP contribution is 2.18. The van der Waals surface area contributed by atoms with Gasteiger partial charge in [0.2, 0.25) is 0 Å². The number of furan rings is 1. The van der Waals surface area contributed by atoms with Crippen LogP contribution in [0.1, 0.15) is 11.3 Å². The zero-order valence-electron chi connectivity index (χ0n) is 9.68. The number of rotatable bonds is 5. The number of hydrogen-bond acceptors (Lipinski definition) is 4. The van der Waals surface area contributed by atoms with E-state index in [0.717, 1.165) is 22.8 Å². The van der Waals surface area contributed by atoms with E-state index in [2.05, 4.69) is 0 Å². The number of benzene rings is 1. The summed E-state index contributed by atoms with van der Waals surface area (Å²) >= 11 is 0. The molecule has 4 heteroatoms. The minimum absolute atomic E-state index is 0.395. The van der Waals surface area contributed by atoms with Crippen LogP contribution in [0, 0.1) is 0 Å². The zero-order chi connectivity index (χ0) is 12.1. The van der Waals surface area contributed by atoms with Crippen LogP contribution in [0.3, 0.4) is 0 Å². The van der Waals surface area contributed by atoms with E-state index < -0.39 is 0 Å². The highest BCUT2D eigenvalue weighted by Gasteiger charge is 2.02. The molecular weight excluding hydrogens is 218 g/mol. The Kier molecular flexibility index (Phi) is 3.67. The number of nitrogens with two attached hydrogens (primary N) is 1. The molecule has 0 amide bonds. The molecule has 0 saturated carbocycles. The monoisotopic (exact) mass is 233 g/mol. The fourth-order valence-electron chi connectivity index (χ4n) is 1.44. The molecule has 0 bridgehead atoms. The average molecular weight is 233 g/mol. The van der Waals surface area contributed by atoms with Gasteiger partial charge < -0.3 is 19.6 Å². The smallest absolute Gasteiger partial charge is 0.146 e. The van der Waals surface area contributed by atoms with E-state index in [4.69, 9.17) is 19.6 Å². The van der Waals surface area contributed by atoms with Crippen molar-refractivity contribution in [2.75, 3.05) is 7.11 Å². The van der Waals surface area contributed by atoms with E-state index in [-0.39, 0.29) is 0 Å². The van der Waals surface area contributed by atoms with Crippen LogP contribution in [0.25, 0.3) is 0 Å². The molecule has 0 unspecified atom stereocenters. The third-order valence-electron chi connectivity index (χ3n) is 2.38. The van der Waals surface area contributed by atoms with Crippen molar-refractivity contribution < 1.29 is 13.9 Å². The molecule has 1 heterocycles. The second-order valence-electron chi connectivity index (χ2n) is 3.59. The number of hydrogen-bond donors (Lipinski definition) is 1. The van der Waals surface area contributed by atoms with E-state index in [1.54, 1.807) is 13.4 Å². The van der Waals surface area contributed by atoms with Crippen molar-refractivity contribution in [2.24, 2.45) is 5.73 Å². The second kappa shape index (κ2) is 5.41. The molecule has 0 aliphatic heterocycles. The lowest BCUT2D eigenvalue weighted by Crippen LogP contribution is -1.95. The Hall–Kier alpha value is -1.94. The maximum absolute atomic E-state index is 5.56. The topological polar surface area (TPSA) is 57.6 Å². The predicted octanol–water partition coefficient (Wildman–Crippen LogP) is 2.33. The van der Waals surface area contributed by atoms with Crippen LogP contribution < -0.4 is 15.2 Å². The highest BCUT2D eigenvalue weighted by atomic mass is 16.5. The first-order chi connectivity index (χ1) is 8.31. The number of ether oxygens (including phenoxy) is 2. The minimum atomic E-state index is 0.395. The molecule has 17 heavy (non-hydrogen) atoms. The largest absolute Gasteiger partial charge is 0.497 e. The Labute approximate surface area is 99.9 Å². The summed E-state index contributed by atoms with van der Waals surface area (Å²) in [6, 6.07) is 9.30. The van der Waals surface area contributed by atoms with Crippen molar-refractivity contribution in [1.29, 1.82) is 0 Å². The van der Waals surface area contributed by atoms with Crippen LogP contribution >= 0.6 is 0 Å². The molecular formula is C13H15NO3. The van der Waals surface area contributed by atoms with Crippen LogP contribution in [0.15, 0.2) is 41.0 Å². The molecule has 0 spiro atoms. The number of methoxy groups -OCH3 is 1. The molecule has 0 fully saturated rings. The highest BCUT2D eigenvalue weighted by molar-refractivity contribution is 5.31. The van der Waals surface area contributed by atoms with E-state index in [0.29, 0.717) is 13.2 Å². The van der Waals surface area contributed by atoms with Crippen molar-refractivity contribution in [3.05, 3.63) is 47.9 Å². The molecule has 2 aromatic rings. The Morgan fingerprint density at radius 1 is 1.18 bits per heavy atom. The van der Waals surface area contributed by atoms with E-state index >= 15 is 0 Å². The third kappa shape index (κ3) is 3.01. The van der Waals surface area contributed by atoms with Crippen LogP contribution in [0.4, 0.5) is 0 Å². The van der Waals surface area contributed by atoms with Gasteiger partial charge in [0.05, 0.1) is 13.4 Å². The van der Waals surface area contributed by atoms with Crippen molar-refractivity contribution in [2.45, 2.75) is 13.2 Å². The van der Waals surface area contributed by atoms with Crippen molar-refractivity contribution in [3.63, 3.8) is 0 Å². The lowest BCUT2D eigenvalue weighted by Gasteiger charge is -2.04. The maximum Gasteiger partial charge on any atom is 0.146 e. The van der Waals surface area contributed by atoms with E-state index in [1.165, 1.54) is 0 Å². The quantitative estimate of drug-likeness (QED) is 0.861. The van der Waals surface area contributed by atoms with Gasteiger partial charge in [-0.1, -0.05) is 0 Å². The summed E-state index contributed by atoms with van der Waals surface area (Å²) in [6.45, 7) is 0.873. The molecule has 0 aliphatic carbocycles. The van der Waals surface area contributed by atoms with E-state index in [9.17, 15) is 0 Å². The van der Waals surface area contributed by atoms with Crippen molar-refractivity contribution in [3.8, 4) is 11.5 Å². The van der Waals surface area contributed by atoms with Gasteiger partial charge in [0.1, 0.15) is 23.9 Å². The second-order valence-corrected chi connectivity index (χ2v) is 3.59. The van der Waals surface area contributed by atoms with Gasteiger partial charge in [-0.25, -0.2) is 0 Å². The van der Waals surface area contributed by atoms with Gasteiger partial charge in [-0.05, 0) is 30.3 Å². The van der Waals surface area contributed by atoms with Gasteiger partial charge in [-0.3, -0.25) is 0 Å². The SMILES string of the molecule is COc1ccc(OCc2cc(CN)co2)cc1. The standard InChI is InChI=1S/C13H15NO3/c1-15-11-2-4-12(5-3-11)17-9-13-6-10(7-14)8-16-13/h2-6,8H,7,9,14H2,1H3. The molecule has 0 aliphatic rings. The van der Waals surface area contributed by atoms with Crippen LogP contribution in [-0.4, -0.2) is 7.11 Å². The summed E-state index contributed by atoms with van der Waals surface area (Å²) in [6.07, 6.45) is 1.65. The molecule has 2 rings (SSSR count). The molecule has 90 valence electrons. The first-order valence-electron chi connectivity index (χ1n) is 5.35. The Morgan fingerprint density at radius 2 is 1.88 bits per heavy atom. The molecule has 0 atom stereocenters. The van der Waals surface area contributed by atoms with Gasteiger partial charge in [-0.15, -0.1) is 0 Å². The van der Waals surface area contributed by atoms with Crippen LogP contribution in [0.2, 0.25) is 0 Å². The summed E-state index contributed by atoms with van der Waals surface area (Å²) in [7, 11) is 1.63. The van der Waals surface area contributed by atoms with Crippen molar-refractivity contribution >= 4 is 0 Å². The minimum Gasteiger partial charge on any atom is -0.497 e. The molecule has 1 aromatic heterocycles. The summed E-state index contributed by atoms with van der Waals surface area (Å²) in [5.74, 6) is 2.35. The lowest BCUT2D eigenvalue weighted by atomic mass is 10.3. The summed E-state index contributed by atoms with van der Waals surface area (Å²) in [5, 5.41) is 0. The third-order valence-corrected chi connectivity index (χ3v) is 2.38. The Morgan fingerprint density at radius 3 is 2.47 bits per heavy atom. The van der Waals surface area contributed by atoms with Gasteiger partial charge in [0, 0.05) is 12.1 Å². The Balaban J connectivity index is 1.92. The fraction of sp³-hybridized carbons (Fsp3) is 0.231. The average Bonchev–Trinajstić information content (AvgIpc) is 2.85. The van der Waals surface area contributed by atoms with Gasteiger partial charge in [-0.2, -0.15) is 0 Å². The summed E-state index contributed by atoms with van der Waals surface area (Å²) in [4.78, 5) is 0. The fourth-order valence-corrected chi connectivity index (χ4v) is 1.44. The first-order valence-corrected chi connectivity index (χ1v) is 5.35. The molecule has 0 radical (unpaired) electrons. The maximum atomic E-state index is 5.56. The first kappa shape index (κ1) is 11.5. The van der Waals surface area contributed by atoms with Crippen LogP contribution in [0.5, 0.6) is 11.5 Å². The van der Waals surface area contributed by atoms with Gasteiger partial charge >= 0.3 is 0 Å². The van der Waals surface area contributed by atoms with Gasteiger partial charge in [0.25, 0.3) is 0 Å². The summed E-state index contributed by atoms with van der Waals surface area (Å²) in [5.41, 5.74) is 6.46. The van der Waals surface area contributed by atoms with Crippen molar-refractivity contribution in [1.82, 2.24) is 0 Å². The molecule has 4 nitrogen and oxygen atoms in total. The lowest BCUT2D eigenvalue weighted by molar-refractivity contribution is 0.270. The zero-order valence-corrected chi connectivity index (χ0v) is 9.68. The Bertz CT molecular complexity index is 462. The van der Waals surface area contributed by atoms with Crippen LogP contribution in [-0.2, 0) is 13.2 Å². The predicted molar refractivity (Wildman–Crippen MR) is 63.9 cm³/mol. The normalized spacial score (nSPS) is 10.2. The molecule has 0 saturated heterocycles. The van der Waals surface area contributed by atoms with E-state index in [1.807, 2.05) is 30.3 Å². The molecule has 2 N–H and O–H groups in total. The molecule has 1 aromatic carbocycles.